The smallest absolute Gasteiger partial charge is 0.122 e. The van der Waals surface area contributed by atoms with E-state index >= 15 is 0 Å². The number of nitrogens with one attached hydrogen (secondary N) is 1. The van der Waals surface area contributed by atoms with Crippen molar-refractivity contribution in [2.45, 2.75) is 13.1 Å². The maximum Gasteiger partial charge on any atom is 0.122 e. The molecule has 0 amide bonds. The summed E-state index contributed by atoms with van der Waals surface area (Å²) in [6.45, 7) is 1.27. The van der Waals surface area contributed by atoms with E-state index in [2.05, 4.69) is 59.9 Å². The molecular weight excluding hydrogens is 432 g/mol. The molecule has 4 heteroatoms. The predicted molar refractivity (Wildman–Crippen MR) is 144 cm³/mol. The molecule has 0 saturated heterocycles. The van der Waals surface area contributed by atoms with Crippen LogP contribution in [0.3, 0.4) is 0 Å². The Morgan fingerprint density at radius 1 is 0.657 bits per heavy atom. The molecule has 0 unspecified atom stereocenters. The van der Waals surface area contributed by atoms with Gasteiger partial charge in [-0.05, 0) is 58.2 Å². The summed E-state index contributed by atoms with van der Waals surface area (Å²) in [6.07, 6.45) is 2.12. The summed E-state index contributed by atoms with van der Waals surface area (Å²) in [5.74, 6) is 2.46. The second-order valence-corrected chi connectivity index (χ2v) is 8.04. The Hall–Kier alpha value is -4.31. The van der Waals surface area contributed by atoms with Gasteiger partial charge in [0.2, 0.25) is 0 Å². The molecule has 0 aliphatic carbocycles. The van der Waals surface area contributed by atoms with Crippen molar-refractivity contribution in [3.05, 3.63) is 138 Å². The fraction of sp³-hybridized carbons (Fsp3) is 0.129. The third kappa shape index (κ3) is 6.84. The van der Waals surface area contributed by atoms with Gasteiger partial charge >= 0.3 is 0 Å². The first-order valence-electron chi connectivity index (χ1n) is 11.6. The molecule has 0 aliphatic rings. The lowest BCUT2D eigenvalue weighted by Gasteiger charge is -2.13. The monoisotopic (exact) mass is 462 g/mol. The van der Waals surface area contributed by atoms with E-state index < -0.39 is 0 Å². The highest BCUT2D eigenvalue weighted by atomic mass is 16.5. The highest BCUT2D eigenvalue weighted by Gasteiger charge is 2.09. The molecule has 0 radical (unpaired) electrons. The second kappa shape index (κ2) is 12.2. The van der Waals surface area contributed by atoms with Gasteiger partial charge in [0.05, 0.1) is 20.8 Å². The number of methoxy groups -OCH3 is 2. The maximum absolute atomic E-state index is 5.37. The van der Waals surface area contributed by atoms with Gasteiger partial charge in [0.15, 0.2) is 0 Å². The third-order valence-corrected chi connectivity index (χ3v) is 5.67. The number of ether oxygens (including phenoxy) is 2. The zero-order valence-corrected chi connectivity index (χ0v) is 20.1. The lowest BCUT2D eigenvalue weighted by atomic mass is 9.97. The van der Waals surface area contributed by atoms with E-state index in [1.807, 2.05) is 60.7 Å². The van der Waals surface area contributed by atoms with Crippen LogP contribution >= 0.6 is 0 Å². The SMILES string of the molecule is COc1ccc(C(=CC(=NCc2ccccc2)NCc2ccccc2)c2ccc(OC)cc2)cc1. The molecule has 1 N–H and O–H groups in total. The molecule has 4 aromatic carbocycles. The third-order valence-electron chi connectivity index (χ3n) is 5.67. The van der Waals surface area contributed by atoms with E-state index in [4.69, 9.17) is 14.5 Å². The van der Waals surface area contributed by atoms with Crippen molar-refractivity contribution in [3.63, 3.8) is 0 Å². The van der Waals surface area contributed by atoms with Gasteiger partial charge in [-0.25, -0.2) is 0 Å². The highest BCUT2D eigenvalue weighted by Crippen LogP contribution is 2.27. The molecule has 35 heavy (non-hydrogen) atoms. The molecule has 0 fully saturated rings. The van der Waals surface area contributed by atoms with Crippen LogP contribution in [0.5, 0.6) is 11.5 Å². The van der Waals surface area contributed by atoms with E-state index in [1.165, 1.54) is 5.56 Å². The lowest BCUT2D eigenvalue weighted by Crippen LogP contribution is -2.21. The first-order chi connectivity index (χ1) is 17.2. The molecule has 4 nitrogen and oxygen atoms in total. The van der Waals surface area contributed by atoms with Crippen LogP contribution in [-0.2, 0) is 13.1 Å². The number of nitrogens with zero attached hydrogens (tertiary/aromatic N) is 1. The van der Waals surface area contributed by atoms with Crippen LogP contribution < -0.4 is 14.8 Å². The molecule has 0 bridgehead atoms. The molecule has 0 aliphatic heterocycles. The Bertz CT molecular complexity index is 1200. The van der Waals surface area contributed by atoms with E-state index in [9.17, 15) is 0 Å². The van der Waals surface area contributed by atoms with Gasteiger partial charge in [-0.1, -0.05) is 84.9 Å². The summed E-state index contributed by atoms with van der Waals surface area (Å²) in [5, 5.41) is 3.55. The molecule has 0 heterocycles. The fourth-order valence-corrected chi connectivity index (χ4v) is 3.71. The average molecular weight is 463 g/mol. The second-order valence-electron chi connectivity index (χ2n) is 8.04. The minimum absolute atomic E-state index is 0.590. The molecule has 0 aromatic heterocycles. The topological polar surface area (TPSA) is 42.8 Å². The summed E-state index contributed by atoms with van der Waals surface area (Å²) >= 11 is 0. The maximum atomic E-state index is 5.37. The standard InChI is InChI=1S/C31H30N2O2/c1-34-28-17-13-26(14-18-28)30(27-15-19-29(35-2)20-16-27)21-31(32-22-24-9-5-3-6-10-24)33-23-25-11-7-4-8-12-25/h3-21H,22-23H2,1-2H3,(H,32,33). The summed E-state index contributed by atoms with van der Waals surface area (Å²) in [7, 11) is 3.36. The minimum Gasteiger partial charge on any atom is -0.497 e. The van der Waals surface area contributed by atoms with Crippen molar-refractivity contribution in [2.24, 2.45) is 4.99 Å². The number of aliphatic imine (C=N–C) groups is 1. The van der Waals surface area contributed by atoms with Crippen LogP contribution in [0, 0.1) is 0 Å². The summed E-state index contributed by atoms with van der Waals surface area (Å²) in [6, 6.07) is 36.8. The fourth-order valence-electron chi connectivity index (χ4n) is 3.71. The molecule has 4 rings (SSSR count). The van der Waals surface area contributed by atoms with Crippen LogP contribution in [0.2, 0.25) is 0 Å². The van der Waals surface area contributed by atoms with Crippen molar-refractivity contribution in [1.29, 1.82) is 0 Å². The van der Waals surface area contributed by atoms with Gasteiger partial charge in [-0.2, -0.15) is 0 Å². The van der Waals surface area contributed by atoms with Crippen LogP contribution in [0.15, 0.2) is 120 Å². The zero-order valence-electron chi connectivity index (χ0n) is 20.1. The molecule has 4 aromatic rings. The first-order valence-corrected chi connectivity index (χ1v) is 11.6. The van der Waals surface area contributed by atoms with Crippen LogP contribution in [0.4, 0.5) is 0 Å². The predicted octanol–water partition coefficient (Wildman–Crippen LogP) is 6.52. The van der Waals surface area contributed by atoms with E-state index in [0.29, 0.717) is 13.1 Å². The van der Waals surface area contributed by atoms with Crippen molar-refractivity contribution < 1.29 is 9.47 Å². The van der Waals surface area contributed by atoms with Gasteiger partial charge in [-0.3, -0.25) is 4.99 Å². The normalized spacial score (nSPS) is 11.0. The van der Waals surface area contributed by atoms with Crippen LogP contribution in [-0.4, -0.2) is 20.1 Å². The van der Waals surface area contributed by atoms with Gasteiger partial charge < -0.3 is 14.8 Å². The van der Waals surface area contributed by atoms with Gasteiger partial charge in [-0.15, -0.1) is 0 Å². The summed E-state index contributed by atoms with van der Waals surface area (Å²) < 4.78 is 10.7. The van der Waals surface area contributed by atoms with Gasteiger partial charge in [0, 0.05) is 6.54 Å². The van der Waals surface area contributed by atoms with E-state index in [1.54, 1.807) is 14.2 Å². The van der Waals surface area contributed by atoms with Crippen molar-refractivity contribution in [1.82, 2.24) is 5.32 Å². The number of hydrogen-bond acceptors (Lipinski definition) is 3. The minimum atomic E-state index is 0.590. The summed E-state index contributed by atoms with van der Waals surface area (Å²) in [4.78, 5) is 4.95. The van der Waals surface area contributed by atoms with Crippen molar-refractivity contribution in [2.75, 3.05) is 14.2 Å². The quantitative estimate of drug-likeness (QED) is 0.227. The Morgan fingerprint density at radius 2 is 1.14 bits per heavy atom. The van der Waals surface area contributed by atoms with E-state index in [0.717, 1.165) is 39.6 Å². The van der Waals surface area contributed by atoms with Crippen molar-refractivity contribution >= 4 is 11.4 Å². The Balaban J connectivity index is 1.72. The number of hydrogen-bond donors (Lipinski definition) is 1. The summed E-state index contributed by atoms with van der Waals surface area (Å²) in [5.41, 5.74) is 5.57. The largest absolute Gasteiger partial charge is 0.497 e. The Morgan fingerprint density at radius 3 is 1.63 bits per heavy atom. The number of rotatable bonds is 9. The highest BCUT2D eigenvalue weighted by molar-refractivity contribution is 6.02. The van der Waals surface area contributed by atoms with Gasteiger partial charge in [0.1, 0.15) is 17.3 Å². The zero-order chi connectivity index (χ0) is 24.3. The molecule has 176 valence electrons. The van der Waals surface area contributed by atoms with E-state index in [-0.39, 0.29) is 0 Å². The molecule has 0 spiro atoms. The van der Waals surface area contributed by atoms with Crippen molar-refractivity contribution in [3.8, 4) is 11.5 Å². The van der Waals surface area contributed by atoms with Crippen LogP contribution in [0.25, 0.3) is 5.57 Å². The Kier molecular flexibility index (Phi) is 8.33. The molecule has 0 atom stereocenters. The molecular formula is C31H30N2O2. The average Bonchev–Trinajstić information content (AvgIpc) is 2.94. The lowest BCUT2D eigenvalue weighted by molar-refractivity contribution is 0.414. The Labute approximate surface area is 207 Å². The number of benzene rings is 4. The number of amidine groups is 1. The first kappa shape index (κ1) is 23.8. The van der Waals surface area contributed by atoms with Gasteiger partial charge in [0.25, 0.3) is 0 Å². The molecule has 0 saturated carbocycles. The van der Waals surface area contributed by atoms with Crippen LogP contribution in [0.1, 0.15) is 22.3 Å².